The third kappa shape index (κ3) is 4.46. The summed E-state index contributed by atoms with van der Waals surface area (Å²) >= 11 is 0. The van der Waals surface area contributed by atoms with Gasteiger partial charge in [0.25, 0.3) is 11.5 Å². The molecule has 0 fully saturated rings. The molecule has 0 aliphatic heterocycles. The van der Waals surface area contributed by atoms with Crippen molar-refractivity contribution in [3.63, 3.8) is 0 Å². The topological polar surface area (TPSA) is 83.9 Å². The van der Waals surface area contributed by atoms with E-state index >= 15 is 0 Å². The maximum Gasteiger partial charge on any atom is 0.258 e. The van der Waals surface area contributed by atoms with Gasteiger partial charge in [-0.2, -0.15) is 0 Å². The van der Waals surface area contributed by atoms with Crippen LogP contribution in [0.3, 0.4) is 0 Å². The van der Waals surface area contributed by atoms with E-state index in [9.17, 15) is 9.59 Å². The summed E-state index contributed by atoms with van der Waals surface area (Å²) in [4.78, 5) is 40.5. The number of aryl methyl sites for hydroxylation is 1. The van der Waals surface area contributed by atoms with Crippen LogP contribution in [0, 0.1) is 6.92 Å². The van der Waals surface area contributed by atoms with Gasteiger partial charge >= 0.3 is 0 Å². The molecule has 0 unspecified atom stereocenters. The summed E-state index contributed by atoms with van der Waals surface area (Å²) in [7, 11) is 0. The number of nitrogens with one attached hydrogen (secondary N) is 1. The summed E-state index contributed by atoms with van der Waals surface area (Å²) < 4.78 is 2.08. The molecule has 4 aromatic carbocycles. The number of rotatable bonds is 6. The molecule has 0 radical (unpaired) electrons. The molecule has 0 bridgehead atoms. The fourth-order valence-corrected chi connectivity index (χ4v) is 4.81. The molecule has 7 nitrogen and oxygen atoms in total. The van der Waals surface area contributed by atoms with Crippen LogP contribution >= 0.6 is 0 Å². The van der Waals surface area contributed by atoms with Gasteiger partial charge in [0.15, 0.2) is 0 Å². The van der Waals surface area contributed by atoms with Crippen molar-refractivity contribution in [1.29, 1.82) is 0 Å². The third-order valence-electron chi connectivity index (χ3n) is 6.59. The number of aromatic amines is 1. The predicted octanol–water partition coefficient (Wildman–Crippen LogP) is 5.41. The highest BCUT2D eigenvalue weighted by molar-refractivity contribution is 5.97. The van der Waals surface area contributed by atoms with Crippen molar-refractivity contribution < 1.29 is 4.79 Å². The Morgan fingerprint density at radius 2 is 1.53 bits per heavy atom. The number of benzene rings is 4. The van der Waals surface area contributed by atoms with Gasteiger partial charge in [-0.15, -0.1) is 0 Å². The van der Waals surface area contributed by atoms with Crippen molar-refractivity contribution in [3.05, 3.63) is 136 Å². The SMILES string of the molecule is Cc1nc2cc(C(=O)N(Cc3ccccc3)Cc3nc4ccccc4c(=O)[nH]3)ccc2n1-c1ccccc1. The normalized spacial score (nSPS) is 11.2. The van der Waals surface area contributed by atoms with Crippen LogP contribution in [0.15, 0.2) is 108 Å². The lowest BCUT2D eigenvalue weighted by Gasteiger charge is -2.23. The lowest BCUT2D eigenvalue weighted by Crippen LogP contribution is -2.31. The summed E-state index contributed by atoms with van der Waals surface area (Å²) in [6.07, 6.45) is 0. The van der Waals surface area contributed by atoms with E-state index in [1.54, 1.807) is 23.1 Å². The number of aromatic nitrogens is 4. The summed E-state index contributed by atoms with van der Waals surface area (Å²) in [6, 6.07) is 32.6. The van der Waals surface area contributed by atoms with Crippen LogP contribution < -0.4 is 5.56 Å². The maximum absolute atomic E-state index is 13.9. The molecule has 1 amide bonds. The van der Waals surface area contributed by atoms with Gasteiger partial charge < -0.3 is 9.88 Å². The van der Waals surface area contributed by atoms with Crippen molar-refractivity contribution >= 4 is 27.8 Å². The average molecular weight is 500 g/mol. The van der Waals surface area contributed by atoms with Crippen molar-refractivity contribution in [2.45, 2.75) is 20.0 Å². The Bertz CT molecular complexity index is 1820. The molecule has 1 N–H and O–H groups in total. The van der Waals surface area contributed by atoms with E-state index in [1.807, 2.05) is 91.9 Å². The molecule has 2 aromatic heterocycles. The number of nitrogens with zero attached hydrogens (tertiary/aromatic N) is 4. The number of para-hydroxylation sites is 2. The van der Waals surface area contributed by atoms with Crippen LogP contribution in [0.4, 0.5) is 0 Å². The molecule has 2 heterocycles. The molecule has 0 atom stereocenters. The van der Waals surface area contributed by atoms with E-state index in [1.165, 1.54) is 0 Å². The van der Waals surface area contributed by atoms with Gasteiger partial charge in [-0.05, 0) is 55.0 Å². The Morgan fingerprint density at radius 1 is 0.816 bits per heavy atom. The minimum atomic E-state index is -0.221. The highest BCUT2D eigenvalue weighted by Gasteiger charge is 2.20. The minimum Gasteiger partial charge on any atom is -0.327 e. The molecule has 0 spiro atoms. The molecule has 7 heteroatoms. The number of imidazole rings is 1. The van der Waals surface area contributed by atoms with Crippen molar-refractivity contribution in [3.8, 4) is 5.69 Å². The zero-order valence-corrected chi connectivity index (χ0v) is 20.8. The lowest BCUT2D eigenvalue weighted by molar-refractivity contribution is 0.0725. The Labute approximate surface area is 219 Å². The van der Waals surface area contributed by atoms with Crippen LogP contribution in [0.2, 0.25) is 0 Å². The highest BCUT2D eigenvalue weighted by Crippen LogP contribution is 2.23. The lowest BCUT2D eigenvalue weighted by atomic mass is 10.1. The molecule has 0 aliphatic rings. The quantitative estimate of drug-likeness (QED) is 0.332. The number of fused-ring (bicyclic) bond motifs is 2. The van der Waals surface area contributed by atoms with Crippen LogP contribution in [-0.4, -0.2) is 30.3 Å². The number of carbonyl (C=O) groups excluding carboxylic acids is 1. The van der Waals surface area contributed by atoms with Gasteiger partial charge in [0.05, 0.1) is 28.5 Å². The first-order valence-electron chi connectivity index (χ1n) is 12.4. The predicted molar refractivity (Wildman–Crippen MR) is 148 cm³/mol. The molecule has 6 aromatic rings. The Morgan fingerprint density at radius 3 is 2.32 bits per heavy atom. The van der Waals surface area contributed by atoms with Gasteiger partial charge in [0, 0.05) is 17.8 Å². The first-order valence-corrected chi connectivity index (χ1v) is 12.4. The van der Waals surface area contributed by atoms with Crippen molar-refractivity contribution in [2.75, 3.05) is 0 Å². The van der Waals surface area contributed by atoms with E-state index in [4.69, 9.17) is 4.98 Å². The van der Waals surface area contributed by atoms with E-state index < -0.39 is 0 Å². The maximum atomic E-state index is 13.9. The molecule has 0 aliphatic carbocycles. The largest absolute Gasteiger partial charge is 0.327 e. The number of amides is 1. The number of H-pyrrole nitrogens is 1. The molecule has 186 valence electrons. The fraction of sp³-hybridized carbons (Fsp3) is 0.0968. The van der Waals surface area contributed by atoms with Gasteiger partial charge in [-0.1, -0.05) is 60.7 Å². The van der Waals surface area contributed by atoms with Crippen LogP contribution in [0.1, 0.15) is 27.6 Å². The second-order valence-corrected chi connectivity index (χ2v) is 9.21. The van der Waals surface area contributed by atoms with Crippen LogP contribution in [0.25, 0.3) is 27.6 Å². The van der Waals surface area contributed by atoms with E-state index in [0.29, 0.717) is 28.8 Å². The third-order valence-corrected chi connectivity index (χ3v) is 6.59. The zero-order chi connectivity index (χ0) is 26.1. The monoisotopic (exact) mass is 499 g/mol. The Kier molecular flexibility index (Phi) is 6.01. The molecule has 0 saturated carbocycles. The fourth-order valence-electron chi connectivity index (χ4n) is 4.81. The van der Waals surface area contributed by atoms with Crippen LogP contribution in [0.5, 0.6) is 0 Å². The van der Waals surface area contributed by atoms with E-state index in [2.05, 4.69) is 14.5 Å². The van der Waals surface area contributed by atoms with Gasteiger partial charge in [-0.3, -0.25) is 14.2 Å². The Hall–Kier alpha value is -5.04. The zero-order valence-electron chi connectivity index (χ0n) is 20.8. The molecular formula is C31H25N5O2. The van der Waals surface area contributed by atoms with Gasteiger partial charge in [0.2, 0.25) is 0 Å². The van der Waals surface area contributed by atoms with Crippen LogP contribution in [-0.2, 0) is 13.1 Å². The van der Waals surface area contributed by atoms with Crippen molar-refractivity contribution in [2.24, 2.45) is 0 Å². The first-order chi connectivity index (χ1) is 18.6. The highest BCUT2D eigenvalue weighted by atomic mass is 16.2. The number of hydrogen-bond donors (Lipinski definition) is 1. The summed E-state index contributed by atoms with van der Waals surface area (Å²) in [6.45, 7) is 2.48. The standard InChI is InChI=1S/C31H25N5O2/c1-21-32-27-18-23(16-17-28(27)36(21)24-12-6-3-7-13-24)31(38)35(19-22-10-4-2-5-11-22)20-29-33-26-15-9-8-14-25(26)30(37)34-29/h2-18H,19-20H2,1H3,(H,33,34,37). The summed E-state index contributed by atoms with van der Waals surface area (Å²) in [5.41, 5.74) is 4.57. The van der Waals surface area contributed by atoms with Gasteiger partial charge in [0.1, 0.15) is 11.6 Å². The number of carbonyl (C=O) groups is 1. The number of hydrogen-bond acceptors (Lipinski definition) is 4. The second-order valence-electron chi connectivity index (χ2n) is 9.21. The first kappa shape index (κ1) is 23.4. The Balaban J connectivity index is 1.38. The van der Waals surface area contributed by atoms with Gasteiger partial charge in [-0.25, -0.2) is 9.97 Å². The van der Waals surface area contributed by atoms with E-state index in [0.717, 1.165) is 28.1 Å². The average Bonchev–Trinajstić information content (AvgIpc) is 3.28. The molecule has 0 saturated heterocycles. The van der Waals surface area contributed by atoms with Crippen molar-refractivity contribution in [1.82, 2.24) is 24.4 Å². The van der Waals surface area contributed by atoms with E-state index in [-0.39, 0.29) is 18.0 Å². The summed E-state index contributed by atoms with van der Waals surface area (Å²) in [5, 5.41) is 0.520. The molecule has 6 rings (SSSR count). The smallest absolute Gasteiger partial charge is 0.258 e. The molecular weight excluding hydrogens is 474 g/mol. The minimum absolute atomic E-state index is 0.156. The summed E-state index contributed by atoms with van der Waals surface area (Å²) in [5.74, 6) is 1.11. The molecule has 38 heavy (non-hydrogen) atoms. The second kappa shape index (κ2) is 9.78.